The molecule has 29 heavy (non-hydrogen) atoms. The third-order valence-corrected chi connectivity index (χ3v) is 5.79. The number of carbonyl (C=O) groups excluding carboxylic acids is 2. The van der Waals surface area contributed by atoms with E-state index in [1.54, 1.807) is 4.90 Å². The summed E-state index contributed by atoms with van der Waals surface area (Å²) in [5, 5.41) is 6.22. The van der Waals surface area contributed by atoms with Crippen molar-refractivity contribution in [3.63, 3.8) is 0 Å². The second kappa shape index (κ2) is 7.96. The minimum Gasteiger partial charge on any atom is -0.319 e. The van der Waals surface area contributed by atoms with Crippen LogP contribution in [0.3, 0.4) is 0 Å². The van der Waals surface area contributed by atoms with Crippen LogP contribution in [0.15, 0.2) is 36.8 Å². The van der Waals surface area contributed by atoms with E-state index in [1.165, 1.54) is 35.5 Å². The molecule has 0 fully saturated rings. The zero-order chi connectivity index (χ0) is 20.4. The van der Waals surface area contributed by atoms with E-state index in [4.69, 9.17) is 0 Å². The van der Waals surface area contributed by atoms with Crippen LogP contribution >= 0.6 is 11.3 Å². The number of hydrogen-bond donors (Lipinski definition) is 2. The molecule has 0 saturated heterocycles. The molecule has 3 aromatic rings. The summed E-state index contributed by atoms with van der Waals surface area (Å²) in [6.45, 7) is 5.10. The van der Waals surface area contributed by atoms with E-state index in [1.807, 2.05) is 32.0 Å². The quantitative estimate of drug-likeness (QED) is 0.692. The van der Waals surface area contributed by atoms with Gasteiger partial charge in [-0.3, -0.25) is 15.1 Å². The van der Waals surface area contributed by atoms with Crippen molar-refractivity contribution in [3.05, 3.63) is 64.2 Å². The van der Waals surface area contributed by atoms with Gasteiger partial charge in [-0.15, -0.1) is 0 Å². The highest BCUT2D eigenvalue weighted by molar-refractivity contribution is 7.15. The van der Waals surface area contributed by atoms with Crippen LogP contribution in [-0.2, 0) is 13.0 Å². The van der Waals surface area contributed by atoms with Gasteiger partial charge in [0.2, 0.25) is 0 Å². The lowest BCUT2D eigenvalue weighted by Gasteiger charge is -2.26. The third-order valence-electron chi connectivity index (χ3n) is 4.79. The summed E-state index contributed by atoms with van der Waals surface area (Å²) in [6, 6.07) is 5.73. The largest absolute Gasteiger partial charge is 0.322 e. The van der Waals surface area contributed by atoms with E-state index in [9.17, 15) is 9.59 Å². The van der Waals surface area contributed by atoms with E-state index in [0.717, 1.165) is 21.8 Å². The molecule has 4 rings (SSSR count). The number of benzene rings is 1. The van der Waals surface area contributed by atoms with Gasteiger partial charge in [0.15, 0.2) is 5.13 Å². The Hall–Kier alpha value is -3.33. The molecule has 0 radical (unpaired) electrons. The van der Waals surface area contributed by atoms with Crippen LogP contribution in [0.2, 0.25) is 0 Å². The number of fused-ring (bicyclic) bond motifs is 1. The minimum atomic E-state index is -0.353. The maximum atomic E-state index is 12.7. The summed E-state index contributed by atoms with van der Waals surface area (Å²) in [6.07, 6.45) is 5.03. The van der Waals surface area contributed by atoms with Crippen LogP contribution in [0.25, 0.3) is 0 Å². The van der Waals surface area contributed by atoms with Crippen molar-refractivity contribution in [2.45, 2.75) is 26.8 Å². The van der Waals surface area contributed by atoms with Crippen LogP contribution < -0.4 is 10.6 Å². The summed E-state index contributed by atoms with van der Waals surface area (Å²) in [4.78, 5) is 40.0. The number of nitrogens with one attached hydrogen (secondary N) is 2. The highest BCUT2D eigenvalue weighted by atomic mass is 32.1. The summed E-state index contributed by atoms with van der Waals surface area (Å²) < 4.78 is 0. The van der Waals surface area contributed by atoms with E-state index < -0.39 is 0 Å². The van der Waals surface area contributed by atoms with Gasteiger partial charge < -0.3 is 10.2 Å². The van der Waals surface area contributed by atoms with Gasteiger partial charge in [0.25, 0.3) is 5.91 Å². The number of hydrogen-bond acceptors (Lipinski definition) is 6. The normalized spacial score (nSPS) is 13.0. The molecule has 0 bridgehead atoms. The van der Waals surface area contributed by atoms with E-state index >= 15 is 0 Å². The molecule has 2 aromatic heterocycles. The molecule has 9 heteroatoms. The number of amides is 3. The number of thiazole rings is 1. The van der Waals surface area contributed by atoms with Crippen LogP contribution in [0.4, 0.5) is 15.6 Å². The van der Waals surface area contributed by atoms with Crippen LogP contribution in [0.1, 0.15) is 32.2 Å². The Bertz CT molecular complexity index is 1070. The van der Waals surface area contributed by atoms with Crippen molar-refractivity contribution in [3.8, 4) is 0 Å². The number of rotatable bonds is 3. The molecular formula is C20H20N6O2S. The topological polar surface area (TPSA) is 100 Å². The van der Waals surface area contributed by atoms with Gasteiger partial charge in [-0.25, -0.2) is 14.8 Å². The molecule has 2 N–H and O–H groups in total. The minimum absolute atomic E-state index is 0.141. The number of nitrogens with zero attached hydrogens (tertiary/aromatic N) is 4. The maximum absolute atomic E-state index is 12.7. The zero-order valence-electron chi connectivity index (χ0n) is 16.1. The van der Waals surface area contributed by atoms with Crippen LogP contribution in [-0.4, -0.2) is 38.3 Å². The predicted molar refractivity (Wildman–Crippen MR) is 111 cm³/mol. The van der Waals surface area contributed by atoms with Crippen LogP contribution in [0.5, 0.6) is 0 Å². The Morgan fingerprint density at radius 1 is 1.14 bits per heavy atom. The Morgan fingerprint density at radius 3 is 2.76 bits per heavy atom. The first kappa shape index (κ1) is 19.0. The van der Waals surface area contributed by atoms with Crippen molar-refractivity contribution in [2.24, 2.45) is 0 Å². The lowest BCUT2D eigenvalue weighted by atomic mass is 10.1. The van der Waals surface area contributed by atoms with Crippen molar-refractivity contribution in [1.82, 2.24) is 19.9 Å². The fourth-order valence-electron chi connectivity index (χ4n) is 3.02. The summed E-state index contributed by atoms with van der Waals surface area (Å²) >= 11 is 1.38. The lowest BCUT2D eigenvalue weighted by Crippen LogP contribution is -2.38. The van der Waals surface area contributed by atoms with E-state index in [0.29, 0.717) is 24.6 Å². The molecule has 0 atom stereocenters. The number of carbonyl (C=O) groups is 2. The highest BCUT2D eigenvalue weighted by Gasteiger charge is 2.25. The van der Waals surface area contributed by atoms with Crippen molar-refractivity contribution in [1.29, 1.82) is 0 Å². The predicted octanol–water partition coefficient (Wildman–Crippen LogP) is 3.39. The number of anilines is 2. The third kappa shape index (κ3) is 4.24. The van der Waals surface area contributed by atoms with E-state index in [2.05, 4.69) is 25.6 Å². The van der Waals surface area contributed by atoms with Gasteiger partial charge in [-0.2, -0.15) is 0 Å². The van der Waals surface area contributed by atoms with Gasteiger partial charge in [-0.05, 0) is 37.1 Å². The second-order valence-electron chi connectivity index (χ2n) is 6.83. The summed E-state index contributed by atoms with van der Waals surface area (Å²) in [7, 11) is 0. The molecule has 1 aromatic carbocycles. The first-order valence-corrected chi connectivity index (χ1v) is 10.0. The molecule has 148 valence electrons. The Kier molecular flexibility index (Phi) is 5.22. The SMILES string of the molecule is Cc1ccc(NC(=O)N2CCc3nc(NC(=O)c4cnccn4)sc3C2)cc1C. The molecule has 3 heterocycles. The first-order valence-electron chi connectivity index (χ1n) is 9.19. The first-order chi connectivity index (χ1) is 14.0. The van der Waals surface area contributed by atoms with E-state index in [-0.39, 0.29) is 17.6 Å². The van der Waals surface area contributed by atoms with Gasteiger partial charge >= 0.3 is 6.03 Å². The van der Waals surface area contributed by atoms with Crippen LogP contribution in [0, 0.1) is 13.8 Å². The molecule has 3 amide bonds. The number of urea groups is 1. The molecule has 1 aliphatic heterocycles. The smallest absolute Gasteiger partial charge is 0.319 e. The average molecular weight is 408 g/mol. The second-order valence-corrected chi connectivity index (χ2v) is 7.92. The van der Waals surface area contributed by atoms with Crippen molar-refractivity contribution >= 4 is 34.1 Å². The molecule has 1 aliphatic rings. The highest BCUT2D eigenvalue weighted by Crippen LogP contribution is 2.29. The lowest BCUT2D eigenvalue weighted by molar-refractivity contribution is 0.102. The average Bonchev–Trinajstić information content (AvgIpc) is 3.12. The van der Waals surface area contributed by atoms with Gasteiger partial charge in [-0.1, -0.05) is 17.4 Å². The Labute approximate surface area is 172 Å². The Balaban J connectivity index is 1.41. The Morgan fingerprint density at radius 2 is 2.00 bits per heavy atom. The monoisotopic (exact) mass is 408 g/mol. The summed E-state index contributed by atoms with van der Waals surface area (Å²) in [5.74, 6) is -0.353. The maximum Gasteiger partial charge on any atom is 0.322 e. The summed E-state index contributed by atoms with van der Waals surface area (Å²) in [5.41, 5.74) is 4.25. The molecule has 0 spiro atoms. The van der Waals surface area contributed by atoms with Gasteiger partial charge in [0, 0.05) is 35.9 Å². The standard InChI is InChI=1S/C20H20N6O2S/c1-12-3-4-14(9-13(12)2)23-20(28)26-8-5-15-17(11-26)29-19(24-15)25-18(27)16-10-21-6-7-22-16/h3-4,6-7,9-10H,5,8,11H2,1-2H3,(H,23,28)(H,24,25,27). The molecule has 8 nitrogen and oxygen atoms in total. The van der Waals surface area contributed by atoms with Crippen molar-refractivity contribution in [2.75, 3.05) is 17.2 Å². The molecular weight excluding hydrogens is 388 g/mol. The molecule has 0 aliphatic carbocycles. The zero-order valence-corrected chi connectivity index (χ0v) is 16.9. The number of aryl methyl sites for hydroxylation is 2. The fourth-order valence-corrected chi connectivity index (χ4v) is 4.04. The van der Waals surface area contributed by atoms with Crippen molar-refractivity contribution < 1.29 is 9.59 Å². The number of aromatic nitrogens is 3. The van der Waals surface area contributed by atoms with Gasteiger partial charge in [0.05, 0.1) is 18.4 Å². The molecule has 0 unspecified atom stereocenters. The molecule has 0 saturated carbocycles. The fraction of sp³-hybridized carbons (Fsp3) is 0.250. The van der Waals surface area contributed by atoms with Gasteiger partial charge in [0.1, 0.15) is 5.69 Å².